The number of likely N-dealkylation sites (N-methyl/N-ethyl adjacent to an activating group) is 1. The van der Waals surface area contributed by atoms with Crippen molar-refractivity contribution in [3.05, 3.63) is 17.0 Å². The highest BCUT2D eigenvalue weighted by atomic mass is 32.2. The summed E-state index contributed by atoms with van der Waals surface area (Å²) in [6.45, 7) is 9.66. The van der Waals surface area contributed by atoms with Crippen molar-refractivity contribution in [2.75, 3.05) is 33.2 Å². The van der Waals surface area contributed by atoms with Gasteiger partial charge in [0.1, 0.15) is 4.21 Å². The van der Waals surface area contributed by atoms with Crippen LogP contribution < -0.4 is 5.32 Å². The van der Waals surface area contributed by atoms with Crippen LogP contribution in [0.4, 0.5) is 0 Å². The van der Waals surface area contributed by atoms with Crippen molar-refractivity contribution in [3.63, 3.8) is 0 Å². The Kier molecular flexibility index (Phi) is 5.10. The van der Waals surface area contributed by atoms with Crippen molar-refractivity contribution < 1.29 is 8.42 Å². The fourth-order valence-corrected chi connectivity index (χ4v) is 5.33. The van der Waals surface area contributed by atoms with Crippen molar-refractivity contribution in [2.24, 2.45) is 0 Å². The van der Waals surface area contributed by atoms with E-state index >= 15 is 0 Å². The van der Waals surface area contributed by atoms with Gasteiger partial charge >= 0.3 is 0 Å². The predicted molar refractivity (Wildman–Crippen MR) is 87.2 cm³/mol. The standard InChI is InChI=1S/C14H25N3O2S2/c1-5-15-9-12-8-13(20-10-12)21(18,19)17-7-6-16(4)14(2,3)11-17/h8,10,15H,5-7,9,11H2,1-4H3. The lowest BCUT2D eigenvalue weighted by Crippen LogP contribution is -2.58. The van der Waals surface area contributed by atoms with Gasteiger partial charge in [-0.1, -0.05) is 6.92 Å². The summed E-state index contributed by atoms with van der Waals surface area (Å²) >= 11 is 1.32. The molecule has 2 heterocycles. The van der Waals surface area contributed by atoms with E-state index in [0.717, 1.165) is 25.2 Å². The molecule has 21 heavy (non-hydrogen) atoms. The Morgan fingerprint density at radius 1 is 1.38 bits per heavy atom. The lowest BCUT2D eigenvalue weighted by atomic mass is 10.0. The summed E-state index contributed by atoms with van der Waals surface area (Å²) in [5.74, 6) is 0. The van der Waals surface area contributed by atoms with Crippen molar-refractivity contribution in [1.29, 1.82) is 0 Å². The molecule has 7 heteroatoms. The topological polar surface area (TPSA) is 52.7 Å². The Balaban J connectivity index is 2.16. The molecule has 0 atom stereocenters. The van der Waals surface area contributed by atoms with Gasteiger partial charge in [0.05, 0.1) is 0 Å². The van der Waals surface area contributed by atoms with Crippen LogP contribution in [-0.2, 0) is 16.6 Å². The third-order valence-corrected chi connectivity index (χ3v) is 7.39. The Morgan fingerprint density at radius 3 is 2.71 bits per heavy atom. The van der Waals surface area contributed by atoms with E-state index in [-0.39, 0.29) is 5.54 Å². The van der Waals surface area contributed by atoms with Crippen LogP contribution in [0.15, 0.2) is 15.7 Å². The normalized spacial score (nSPS) is 20.8. The second kappa shape index (κ2) is 6.34. The van der Waals surface area contributed by atoms with E-state index in [1.54, 1.807) is 10.4 Å². The highest BCUT2D eigenvalue weighted by molar-refractivity contribution is 7.91. The summed E-state index contributed by atoms with van der Waals surface area (Å²) in [4.78, 5) is 2.21. The molecular formula is C14H25N3O2S2. The minimum Gasteiger partial charge on any atom is -0.313 e. The van der Waals surface area contributed by atoms with E-state index in [1.807, 2.05) is 19.4 Å². The molecule has 1 N–H and O–H groups in total. The van der Waals surface area contributed by atoms with Gasteiger partial charge in [0.15, 0.2) is 0 Å². The summed E-state index contributed by atoms with van der Waals surface area (Å²) in [5, 5.41) is 5.15. The van der Waals surface area contributed by atoms with Gasteiger partial charge < -0.3 is 5.32 Å². The first-order valence-electron chi connectivity index (χ1n) is 7.27. The van der Waals surface area contributed by atoms with E-state index in [9.17, 15) is 8.42 Å². The second-order valence-corrected chi connectivity index (χ2v) is 9.20. The zero-order valence-electron chi connectivity index (χ0n) is 13.2. The van der Waals surface area contributed by atoms with Gasteiger partial charge in [-0.3, -0.25) is 4.90 Å². The third-order valence-electron chi connectivity index (χ3n) is 4.08. The maximum atomic E-state index is 12.8. The van der Waals surface area contributed by atoms with Crippen LogP contribution >= 0.6 is 11.3 Å². The lowest BCUT2D eigenvalue weighted by molar-refractivity contribution is 0.0802. The minimum atomic E-state index is -3.36. The average Bonchev–Trinajstić information content (AvgIpc) is 2.88. The summed E-state index contributed by atoms with van der Waals surface area (Å²) in [6, 6.07) is 1.80. The smallest absolute Gasteiger partial charge is 0.252 e. The number of rotatable bonds is 5. The summed E-state index contributed by atoms with van der Waals surface area (Å²) in [5.41, 5.74) is 0.906. The van der Waals surface area contributed by atoms with Crippen LogP contribution in [0, 0.1) is 0 Å². The Morgan fingerprint density at radius 2 is 2.10 bits per heavy atom. The van der Waals surface area contributed by atoms with E-state index in [0.29, 0.717) is 17.3 Å². The van der Waals surface area contributed by atoms with Crippen LogP contribution in [0.5, 0.6) is 0 Å². The molecule has 0 aromatic carbocycles. The van der Waals surface area contributed by atoms with Crippen molar-refractivity contribution in [2.45, 2.75) is 37.1 Å². The fraction of sp³-hybridized carbons (Fsp3) is 0.714. The van der Waals surface area contributed by atoms with E-state index in [4.69, 9.17) is 0 Å². The monoisotopic (exact) mass is 331 g/mol. The number of nitrogens with one attached hydrogen (secondary N) is 1. The molecule has 1 aliphatic rings. The van der Waals surface area contributed by atoms with Gasteiger partial charge in [-0.25, -0.2) is 8.42 Å². The van der Waals surface area contributed by atoms with Crippen LogP contribution in [-0.4, -0.2) is 56.4 Å². The summed E-state index contributed by atoms with van der Waals surface area (Å²) in [7, 11) is -1.32. The number of thiophene rings is 1. The number of piperazine rings is 1. The number of nitrogens with zero attached hydrogens (tertiary/aromatic N) is 2. The first kappa shape index (κ1) is 16.9. The highest BCUT2D eigenvalue weighted by Gasteiger charge is 2.37. The van der Waals surface area contributed by atoms with E-state index < -0.39 is 10.0 Å². The molecule has 0 bridgehead atoms. The van der Waals surface area contributed by atoms with Crippen LogP contribution in [0.2, 0.25) is 0 Å². The molecule has 1 aromatic heterocycles. The molecule has 5 nitrogen and oxygen atoms in total. The SMILES string of the molecule is CCNCc1csc(S(=O)(=O)N2CCN(C)C(C)(C)C2)c1. The van der Waals surface area contributed by atoms with E-state index in [1.165, 1.54) is 11.3 Å². The predicted octanol–water partition coefficient (Wildman–Crippen LogP) is 1.57. The van der Waals surface area contributed by atoms with Gasteiger partial charge in [0.2, 0.25) is 0 Å². The minimum absolute atomic E-state index is 0.130. The third kappa shape index (κ3) is 3.65. The van der Waals surface area contributed by atoms with Gasteiger partial charge in [-0.05, 0) is 44.4 Å². The fourth-order valence-electron chi connectivity index (χ4n) is 2.38. The van der Waals surface area contributed by atoms with Crippen molar-refractivity contribution in [1.82, 2.24) is 14.5 Å². The highest BCUT2D eigenvalue weighted by Crippen LogP contribution is 2.28. The Hall–Kier alpha value is -0.470. The quantitative estimate of drug-likeness (QED) is 0.890. The summed E-state index contributed by atoms with van der Waals surface area (Å²) < 4.78 is 27.6. The second-order valence-electron chi connectivity index (χ2n) is 6.13. The van der Waals surface area contributed by atoms with Gasteiger partial charge in [0.25, 0.3) is 10.0 Å². The van der Waals surface area contributed by atoms with Crippen LogP contribution in [0.1, 0.15) is 26.3 Å². The Bertz CT molecular complexity index is 581. The molecular weight excluding hydrogens is 306 g/mol. The van der Waals surface area contributed by atoms with E-state index in [2.05, 4.69) is 24.1 Å². The maximum absolute atomic E-state index is 12.8. The van der Waals surface area contributed by atoms with Gasteiger partial charge in [0, 0.05) is 31.7 Å². The number of hydrogen-bond donors (Lipinski definition) is 1. The first-order valence-corrected chi connectivity index (χ1v) is 9.59. The molecule has 2 rings (SSSR count). The van der Waals surface area contributed by atoms with Crippen molar-refractivity contribution >= 4 is 21.4 Å². The molecule has 120 valence electrons. The van der Waals surface area contributed by atoms with Crippen LogP contribution in [0.25, 0.3) is 0 Å². The lowest BCUT2D eigenvalue weighted by Gasteiger charge is -2.44. The molecule has 1 aromatic rings. The maximum Gasteiger partial charge on any atom is 0.252 e. The van der Waals surface area contributed by atoms with Crippen LogP contribution in [0.3, 0.4) is 0 Å². The number of hydrogen-bond acceptors (Lipinski definition) is 5. The molecule has 1 saturated heterocycles. The average molecular weight is 332 g/mol. The molecule has 0 unspecified atom stereocenters. The largest absolute Gasteiger partial charge is 0.313 e. The summed E-state index contributed by atoms with van der Waals surface area (Å²) in [6.07, 6.45) is 0. The molecule has 0 aliphatic carbocycles. The molecule has 0 amide bonds. The molecule has 1 fully saturated rings. The van der Waals surface area contributed by atoms with Gasteiger partial charge in [-0.2, -0.15) is 4.31 Å². The van der Waals surface area contributed by atoms with Gasteiger partial charge in [-0.15, -0.1) is 11.3 Å². The zero-order chi connectivity index (χ0) is 15.7. The first-order chi connectivity index (χ1) is 9.77. The Labute approximate surface area is 132 Å². The molecule has 0 radical (unpaired) electrons. The molecule has 0 saturated carbocycles. The molecule has 1 aliphatic heterocycles. The van der Waals surface area contributed by atoms with Crippen molar-refractivity contribution in [3.8, 4) is 0 Å². The zero-order valence-corrected chi connectivity index (χ0v) is 14.9. The molecule has 0 spiro atoms. The number of sulfonamides is 1.